The van der Waals surface area contributed by atoms with Crippen LogP contribution in [0.4, 0.5) is 11.4 Å². The highest BCUT2D eigenvalue weighted by Crippen LogP contribution is 2.29. The Kier molecular flexibility index (Phi) is 6.06. The number of hydrogen-bond donors (Lipinski definition) is 1. The van der Waals surface area contributed by atoms with Gasteiger partial charge in [0.15, 0.2) is 6.10 Å². The van der Waals surface area contributed by atoms with Crippen molar-refractivity contribution in [2.24, 2.45) is 0 Å². The molecule has 2 aromatic rings. The van der Waals surface area contributed by atoms with Gasteiger partial charge < -0.3 is 14.8 Å². The molecule has 9 heteroatoms. The molecule has 2 rings (SSSR count). The minimum Gasteiger partial charge on any atom is -0.494 e. The Balaban J connectivity index is 2.11. The maximum atomic E-state index is 12.3. The Hall–Kier alpha value is -2.51. The Morgan fingerprint density at radius 3 is 2.40 bits per heavy atom. The smallest absolute Gasteiger partial charge is 0.273 e. The third kappa shape index (κ3) is 4.98. The molecule has 0 saturated heterocycles. The molecule has 2 aromatic carbocycles. The Morgan fingerprint density at radius 2 is 1.84 bits per heavy atom. The maximum Gasteiger partial charge on any atom is 0.273 e. The van der Waals surface area contributed by atoms with E-state index in [2.05, 4.69) is 5.32 Å². The molecule has 0 aliphatic carbocycles. The van der Waals surface area contributed by atoms with Gasteiger partial charge in [0.2, 0.25) is 0 Å². The number of hydrogen-bond acceptors (Lipinski definition) is 5. The van der Waals surface area contributed by atoms with Gasteiger partial charge in [-0.2, -0.15) is 0 Å². The highest BCUT2D eigenvalue weighted by Gasteiger charge is 2.19. The fraction of sp³-hybridized carbons (Fsp3) is 0.188. The van der Waals surface area contributed by atoms with Crippen LogP contribution in [-0.4, -0.2) is 24.0 Å². The van der Waals surface area contributed by atoms with Crippen molar-refractivity contribution >= 4 is 40.5 Å². The number of ether oxygens (including phenoxy) is 2. The minimum absolute atomic E-state index is 0.146. The topological polar surface area (TPSA) is 90.7 Å². The molecule has 0 heterocycles. The highest BCUT2D eigenvalue weighted by atomic mass is 35.5. The SMILES string of the molecule is COc1cc([N+](=O)[O-])ccc1NC(=O)[C@@H](C)Oc1cc(Cl)cc(Cl)c1. The number of nitro groups is 1. The molecule has 0 radical (unpaired) electrons. The molecule has 0 aromatic heterocycles. The molecule has 132 valence electrons. The molecule has 0 aliphatic heterocycles. The van der Waals surface area contributed by atoms with Crippen LogP contribution in [-0.2, 0) is 4.79 Å². The van der Waals surface area contributed by atoms with E-state index in [4.69, 9.17) is 32.7 Å². The maximum absolute atomic E-state index is 12.3. The molecule has 0 aliphatic rings. The van der Waals surface area contributed by atoms with Gasteiger partial charge in [-0.1, -0.05) is 23.2 Å². The van der Waals surface area contributed by atoms with Crippen molar-refractivity contribution in [3.8, 4) is 11.5 Å². The number of halogens is 2. The van der Waals surface area contributed by atoms with Crippen LogP contribution in [0.3, 0.4) is 0 Å². The van der Waals surface area contributed by atoms with Gasteiger partial charge in [-0.25, -0.2) is 0 Å². The Labute approximate surface area is 153 Å². The van der Waals surface area contributed by atoms with Crippen molar-refractivity contribution in [1.29, 1.82) is 0 Å². The number of amides is 1. The zero-order valence-corrected chi connectivity index (χ0v) is 14.8. The number of nitro benzene ring substituents is 1. The van der Waals surface area contributed by atoms with E-state index in [1.807, 2.05) is 0 Å². The average Bonchev–Trinajstić information content (AvgIpc) is 2.53. The number of rotatable bonds is 6. The van der Waals surface area contributed by atoms with Gasteiger partial charge in [-0.3, -0.25) is 14.9 Å². The van der Waals surface area contributed by atoms with Crippen LogP contribution in [0.5, 0.6) is 11.5 Å². The second-order valence-corrected chi connectivity index (χ2v) is 5.87. The van der Waals surface area contributed by atoms with Gasteiger partial charge in [0, 0.05) is 16.1 Å². The fourth-order valence-corrected chi connectivity index (χ4v) is 2.49. The molecule has 1 atom stereocenters. The molecule has 1 N–H and O–H groups in total. The van der Waals surface area contributed by atoms with E-state index in [0.717, 1.165) is 0 Å². The summed E-state index contributed by atoms with van der Waals surface area (Å²) in [5.74, 6) is 0.0413. The standard InChI is InChI=1S/C16H14Cl2N2O5/c1-9(25-13-6-10(17)5-11(18)7-13)16(21)19-14-4-3-12(20(22)23)8-15(14)24-2/h3-9H,1-2H3,(H,19,21)/t9-/m1/s1. The lowest BCUT2D eigenvalue weighted by atomic mass is 10.2. The molecule has 0 unspecified atom stereocenters. The average molecular weight is 385 g/mol. The van der Waals surface area contributed by atoms with Gasteiger partial charge in [0.1, 0.15) is 11.5 Å². The first-order valence-corrected chi connectivity index (χ1v) is 7.82. The number of benzene rings is 2. The van der Waals surface area contributed by atoms with Crippen molar-refractivity contribution in [1.82, 2.24) is 0 Å². The van der Waals surface area contributed by atoms with Crippen LogP contribution >= 0.6 is 23.2 Å². The van der Waals surface area contributed by atoms with Crippen LogP contribution in [0, 0.1) is 10.1 Å². The summed E-state index contributed by atoms with van der Waals surface area (Å²) in [6.45, 7) is 1.54. The van der Waals surface area contributed by atoms with E-state index in [0.29, 0.717) is 15.8 Å². The van der Waals surface area contributed by atoms with Crippen molar-refractivity contribution in [2.45, 2.75) is 13.0 Å². The quantitative estimate of drug-likeness (QED) is 0.591. The summed E-state index contributed by atoms with van der Waals surface area (Å²) in [6.07, 6.45) is -0.866. The first-order valence-electron chi connectivity index (χ1n) is 7.06. The molecule has 0 fully saturated rings. The largest absolute Gasteiger partial charge is 0.494 e. The van der Waals surface area contributed by atoms with E-state index < -0.39 is 16.9 Å². The zero-order valence-electron chi connectivity index (χ0n) is 13.3. The van der Waals surface area contributed by atoms with Gasteiger partial charge in [0.05, 0.1) is 23.8 Å². The molecular formula is C16H14Cl2N2O5. The first-order chi connectivity index (χ1) is 11.8. The molecule has 0 saturated carbocycles. The lowest BCUT2D eigenvalue weighted by Gasteiger charge is -2.16. The second-order valence-electron chi connectivity index (χ2n) is 5.00. The summed E-state index contributed by atoms with van der Waals surface area (Å²) in [5.41, 5.74) is 0.144. The van der Waals surface area contributed by atoms with E-state index >= 15 is 0 Å². The monoisotopic (exact) mass is 384 g/mol. The number of nitrogens with one attached hydrogen (secondary N) is 1. The summed E-state index contributed by atoms with van der Waals surface area (Å²) in [6, 6.07) is 8.48. The molecular weight excluding hydrogens is 371 g/mol. The van der Waals surface area contributed by atoms with Gasteiger partial charge in [0.25, 0.3) is 11.6 Å². The van der Waals surface area contributed by atoms with Crippen LogP contribution in [0.25, 0.3) is 0 Å². The summed E-state index contributed by atoms with van der Waals surface area (Å²) in [7, 11) is 1.35. The van der Waals surface area contributed by atoms with Gasteiger partial charge in [-0.05, 0) is 31.2 Å². The predicted octanol–water partition coefficient (Wildman–Crippen LogP) is 4.32. The summed E-state index contributed by atoms with van der Waals surface area (Å²) in [5, 5.41) is 14.2. The van der Waals surface area contributed by atoms with Crippen LogP contribution in [0.2, 0.25) is 10.0 Å². The second kappa shape index (κ2) is 8.04. The minimum atomic E-state index is -0.866. The third-order valence-corrected chi connectivity index (χ3v) is 3.61. The fourth-order valence-electron chi connectivity index (χ4n) is 1.99. The predicted molar refractivity (Wildman–Crippen MR) is 94.8 cm³/mol. The van der Waals surface area contributed by atoms with Gasteiger partial charge in [-0.15, -0.1) is 0 Å². The van der Waals surface area contributed by atoms with E-state index in [9.17, 15) is 14.9 Å². The number of carbonyl (C=O) groups excluding carboxylic acids is 1. The van der Waals surface area contributed by atoms with Crippen LogP contribution in [0.1, 0.15) is 6.92 Å². The van der Waals surface area contributed by atoms with Crippen molar-refractivity contribution in [3.05, 3.63) is 56.6 Å². The van der Waals surface area contributed by atoms with E-state index in [-0.39, 0.29) is 17.1 Å². The lowest BCUT2D eigenvalue weighted by molar-refractivity contribution is -0.384. The summed E-state index contributed by atoms with van der Waals surface area (Å²) < 4.78 is 10.6. The number of nitrogens with zero attached hydrogens (tertiary/aromatic N) is 1. The zero-order chi connectivity index (χ0) is 18.6. The van der Waals surface area contributed by atoms with Crippen molar-refractivity contribution in [3.63, 3.8) is 0 Å². The van der Waals surface area contributed by atoms with Crippen LogP contribution in [0.15, 0.2) is 36.4 Å². The number of carbonyl (C=O) groups is 1. The lowest BCUT2D eigenvalue weighted by Crippen LogP contribution is -2.30. The number of methoxy groups -OCH3 is 1. The summed E-state index contributed by atoms with van der Waals surface area (Å²) in [4.78, 5) is 22.5. The molecule has 1 amide bonds. The van der Waals surface area contributed by atoms with E-state index in [1.54, 1.807) is 13.0 Å². The van der Waals surface area contributed by atoms with Crippen molar-refractivity contribution < 1.29 is 19.2 Å². The normalized spacial score (nSPS) is 11.5. The summed E-state index contributed by atoms with van der Waals surface area (Å²) >= 11 is 11.8. The highest BCUT2D eigenvalue weighted by molar-refractivity contribution is 6.34. The van der Waals surface area contributed by atoms with E-state index in [1.165, 1.54) is 37.4 Å². The number of anilines is 1. The molecule has 0 spiro atoms. The van der Waals surface area contributed by atoms with Crippen LogP contribution < -0.4 is 14.8 Å². The van der Waals surface area contributed by atoms with Crippen molar-refractivity contribution in [2.75, 3.05) is 12.4 Å². The van der Waals surface area contributed by atoms with Gasteiger partial charge >= 0.3 is 0 Å². The third-order valence-electron chi connectivity index (χ3n) is 3.17. The molecule has 25 heavy (non-hydrogen) atoms. The Bertz CT molecular complexity index is 793. The first kappa shape index (κ1) is 18.8. The Morgan fingerprint density at radius 1 is 1.20 bits per heavy atom. The molecule has 0 bridgehead atoms. The molecule has 7 nitrogen and oxygen atoms in total. The number of non-ortho nitro benzene ring substituents is 1.